The van der Waals surface area contributed by atoms with Crippen LogP contribution in [0.3, 0.4) is 0 Å². The minimum Gasteiger partial charge on any atom is -0.476 e. The van der Waals surface area contributed by atoms with E-state index >= 15 is 0 Å². The van der Waals surface area contributed by atoms with Crippen molar-refractivity contribution in [3.8, 4) is 0 Å². The molecule has 0 unspecified atom stereocenters. The Labute approximate surface area is 173 Å². The first-order chi connectivity index (χ1) is 14.1. The molecule has 0 saturated heterocycles. The molecule has 158 valence electrons. The predicted molar refractivity (Wildman–Crippen MR) is 105 cm³/mol. The molecule has 0 bridgehead atoms. The van der Waals surface area contributed by atoms with E-state index in [2.05, 4.69) is 15.0 Å². The zero-order valence-electron chi connectivity index (χ0n) is 15.4. The van der Waals surface area contributed by atoms with E-state index in [0.717, 1.165) is 23.5 Å². The van der Waals surface area contributed by atoms with Gasteiger partial charge in [-0.3, -0.25) is 9.52 Å². The number of nitrogens with two attached hydrogens (primary N) is 1. The molecular formula is C16H16FN6O5S2+. The number of halogens is 1. The van der Waals surface area contributed by atoms with Gasteiger partial charge in [0.1, 0.15) is 10.8 Å². The van der Waals surface area contributed by atoms with Gasteiger partial charge in [0.05, 0.1) is 29.2 Å². The number of amides is 1. The molecule has 3 aromatic rings. The molecule has 0 aliphatic rings. The molecule has 11 nitrogen and oxygen atoms in total. The summed E-state index contributed by atoms with van der Waals surface area (Å²) in [6, 6.07) is 4.49. The third kappa shape index (κ3) is 4.38. The first kappa shape index (κ1) is 21.2. The molecule has 30 heavy (non-hydrogen) atoms. The standard InChI is InChI=1S/C16H15FN6O5S2/c1-22-12(18)4-5-23(22)7-13(24)20-11-3-2-9(6-10(11)17)30(27,28)21-15-14(16(25)26)19-8-29-15/h2-6,8,18,21H,7H2,1H3,(H2,20,24,25,26)/p+1. The predicted octanol–water partition coefficient (Wildman–Crippen LogP) is 0.628. The summed E-state index contributed by atoms with van der Waals surface area (Å²) < 4.78 is 44.4. The summed E-state index contributed by atoms with van der Waals surface area (Å²) in [6.45, 7) is -0.141. The maximum absolute atomic E-state index is 14.4. The third-order valence-corrected chi connectivity index (χ3v) is 6.22. The number of nitrogens with one attached hydrogen (secondary N) is 2. The molecule has 0 saturated carbocycles. The number of nitrogen functional groups attached to an aromatic ring is 1. The maximum atomic E-state index is 14.4. The number of thiazole rings is 1. The van der Waals surface area contributed by atoms with Crippen molar-refractivity contribution in [2.24, 2.45) is 7.05 Å². The minimum absolute atomic E-state index is 0.141. The molecule has 0 radical (unpaired) electrons. The summed E-state index contributed by atoms with van der Waals surface area (Å²) in [6.07, 6.45) is 1.58. The lowest BCUT2D eigenvalue weighted by Gasteiger charge is -2.09. The fourth-order valence-electron chi connectivity index (χ4n) is 2.43. The Kier molecular flexibility index (Phi) is 5.71. The molecule has 1 amide bonds. The Bertz CT molecular complexity index is 1240. The summed E-state index contributed by atoms with van der Waals surface area (Å²) in [5.74, 6) is -2.51. The number of carboxylic acids is 1. The second-order valence-corrected chi connectivity index (χ2v) is 8.53. The smallest absolute Gasteiger partial charge is 0.357 e. The minimum atomic E-state index is -4.28. The van der Waals surface area contributed by atoms with E-state index in [9.17, 15) is 22.4 Å². The Morgan fingerprint density at radius 2 is 2.10 bits per heavy atom. The Morgan fingerprint density at radius 3 is 2.70 bits per heavy atom. The second kappa shape index (κ2) is 8.08. The molecule has 0 atom stereocenters. The molecule has 1 aromatic carbocycles. The van der Waals surface area contributed by atoms with Gasteiger partial charge in [0.25, 0.3) is 15.9 Å². The topological polar surface area (TPSA) is 160 Å². The van der Waals surface area contributed by atoms with E-state index in [4.69, 9.17) is 10.8 Å². The van der Waals surface area contributed by atoms with Gasteiger partial charge in [-0.05, 0) is 18.2 Å². The number of carbonyl (C=O) groups is 2. The highest BCUT2D eigenvalue weighted by molar-refractivity contribution is 7.93. The Morgan fingerprint density at radius 1 is 1.37 bits per heavy atom. The van der Waals surface area contributed by atoms with Crippen molar-refractivity contribution in [1.29, 1.82) is 0 Å². The van der Waals surface area contributed by atoms with E-state index in [1.165, 1.54) is 14.9 Å². The van der Waals surface area contributed by atoms with Crippen LogP contribution in [-0.4, -0.2) is 35.1 Å². The van der Waals surface area contributed by atoms with E-state index in [1.54, 1.807) is 19.3 Å². The second-order valence-electron chi connectivity index (χ2n) is 5.99. The van der Waals surface area contributed by atoms with Crippen LogP contribution in [0.15, 0.2) is 40.9 Å². The number of aromatic carboxylic acids is 1. The van der Waals surface area contributed by atoms with Crippen LogP contribution in [0.5, 0.6) is 0 Å². The molecule has 5 N–H and O–H groups in total. The van der Waals surface area contributed by atoms with E-state index in [-0.39, 0.29) is 17.2 Å². The van der Waals surface area contributed by atoms with Crippen molar-refractivity contribution in [1.82, 2.24) is 9.67 Å². The van der Waals surface area contributed by atoms with Gasteiger partial charge in [-0.25, -0.2) is 22.6 Å². The van der Waals surface area contributed by atoms with Gasteiger partial charge in [-0.1, -0.05) is 0 Å². The van der Waals surface area contributed by atoms with Crippen molar-refractivity contribution in [3.05, 3.63) is 47.5 Å². The van der Waals surface area contributed by atoms with Crippen LogP contribution < -0.4 is 20.5 Å². The SMILES string of the molecule is Cn1c(N)cc[n+]1CC(=O)Nc1ccc(S(=O)(=O)Nc2scnc2C(=O)O)cc1F. The van der Waals surface area contributed by atoms with Crippen LogP contribution in [0.25, 0.3) is 0 Å². The fraction of sp³-hybridized carbons (Fsp3) is 0.125. The average molecular weight is 455 g/mol. The quantitative estimate of drug-likeness (QED) is 0.380. The van der Waals surface area contributed by atoms with Crippen molar-refractivity contribution in [2.75, 3.05) is 15.8 Å². The first-order valence-electron chi connectivity index (χ1n) is 8.18. The van der Waals surface area contributed by atoms with Gasteiger partial charge in [0, 0.05) is 0 Å². The number of nitrogens with zero attached hydrogens (tertiary/aromatic N) is 3. The summed E-state index contributed by atoms with van der Waals surface area (Å²) in [7, 11) is -2.63. The van der Waals surface area contributed by atoms with E-state index in [0.29, 0.717) is 11.9 Å². The molecule has 0 fully saturated rings. The highest BCUT2D eigenvalue weighted by Gasteiger charge is 2.23. The lowest BCUT2D eigenvalue weighted by Crippen LogP contribution is -2.46. The molecule has 3 rings (SSSR count). The van der Waals surface area contributed by atoms with Crippen LogP contribution in [0.1, 0.15) is 10.5 Å². The summed E-state index contributed by atoms with van der Waals surface area (Å²) in [5.41, 5.74) is 6.16. The number of carbonyl (C=O) groups excluding carboxylic acids is 1. The monoisotopic (exact) mass is 455 g/mol. The molecule has 2 aromatic heterocycles. The van der Waals surface area contributed by atoms with Gasteiger partial charge in [0.15, 0.2) is 17.7 Å². The van der Waals surface area contributed by atoms with Gasteiger partial charge in [-0.2, -0.15) is 0 Å². The number of aromatic nitrogens is 3. The van der Waals surface area contributed by atoms with Crippen molar-refractivity contribution >= 4 is 49.7 Å². The number of carboxylic acid groups (broad SMARTS) is 1. The number of benzene rings is 1. The van der Waals surface area contributed by atoms with Crippen LogP contribution in [0.2, 0.25) is 0 Å². The molecular weight excluding hydrogens is 439 g/mol. The first-order valence-corrected chi connectivity index (χ1v) is 10.5. The summed E-state index contributed by atoms with van der Waals surface area (Å²) >= 11 is 0.773. The van der Waals surface area contributed by atoms with Gasteiger partial charge in [0.2, 0.25) is 6.54 Å². The zero-order valence-corrected chi connectivity index (χ0v) is 17.0. The normalized spacial score (nSPS) is 11.3. The van der Waals surface area contributed by atoms with E-state index in [1.807, 2.05) is 0 Å². The molecule has 0 aliphatic carbocycles. The molecule has 14 heteroatoms. The largest absolute Gasteiger partial charge is 0.476 e. The van der Waals surface area contributed by atoms with E-state index < -0.39 is 38.3 Å². The van der Waals surface area contributed by atoms with Crippen molar-refractivity contribution in [3.63, 3.8) is 0 Å². The highest BCUT2D eigenvalue weighted by Crippen LogP contribution is 2.25. The zero-order chi connectivity index (χ0) is 22.1. The number of anilines is 3. The van der Waals surface area contributed by atoms with Gasteiger partial charge >= 0.3 is 5.97 Å². The number of rotatable bonds is 7. The Balaban J connectivity index is 1.75. The lowest BCUT2D eigenvalue weighted by atomic mass is 10.3. The van der Waals surface area contributed by atoms with Crippen LogP contribution in [0.4, 0.5) is 20.9 Å². The van der Waals surface area contributed by atoms with Gasteiger partial charge < -0.3 is 16.2 Å². The van der Waals surface area contributed by atoms with Crippen LogP contribution in [-0.2, 0) is 28.4 Å². The maximum Gasteiger partial charge on any atom is 0.357 e. The average Bonchev–Trinajstić information content (AvgIpc) is 3.24. The van der Waals surface area contributed by atoms with Crippen LogP contribution >= 0.6 is 11.3 Å². The number of hydrogen-bond donors (Lipinski definition) is 4. The third-order valence-electron chi connectivity index (χ3n) is 4.00. The van der Waals surface area contributed by atoms with Crippen molar-refractivity contribution < 1.29 is 32.2 Å². The molecule has 0 aliphatic heterocycles. The number of hydrogen-bond acceptors (Lipinski definition) is 7. The lowest BCUT2D eigenvalue weighted by molar-refractivity contribution is -0.760. The van der Waals surface area contributed by atoms with Crippen LogP contribution in [0, 0.1) is 5.82 Å². The number of sulfonamides is 1. The molecule has 2 heterocycles. The fourth-order valence-corrected chi connectivity index (χ4v) is 4.43. The summed E-state index contributed by atoms with van der Waals surface area (Å²) in [4.78, 5) is 26.3. The van der Waals surface area contributed by atoms with Gasteiger partial charge in [-0.15, -0.1) is 20.7 Å². The Hall–Kier alpha value is -3.52. The molecule has 0 spiro atoms. The van der Waals surface area contributed by atoms with Crippen molar-refractivity contribution in [2.45, 2.75) is 11.4 Å². The summed E-state index contributed by atoms with van der Waals surface area (Å²) in [5, 5.41) is 11.2. The highest BCUT2D eigenvalue weighted by atomic mass is 32.2.